The van der Waals surface area contributed by atoms with E-state index in [4.69, 9.17) is 0 Å². The van der Waals surface area contributed by atoms with Crippen molar-refractivity contribution in [3.05, 3.63) is 35.2 Å². The topological polar surface area (TPSA) is 4.36 Å². The van der Waals surface area contributed by atoms with E-state index >= 15 is 0 Å². The van der Waals surface area contributed by atoms with Gasteiger partial charge in [0.05, 0.1) is 6.92 Å². The van der Waals surface area contributed by atoms with Crippen LogP contribution in [0.4, 0.5) is 5.69 Å². The molecule has 0 fully saturated rings. The molecule has 1 nitrogen and oxygen atoms in total. The van der Waals surface area contributed by atoms with Crippen LogP contribution in [-0.2, 0) is 0 Å². The third-order valence-electron chi connectivity index (χ3n) is 0.942. The van der Waals surface area contributed by atoms with Gasteiger partial charge in [0.2, 0.25) is 0 Å². The third kappa shape index (κ3) is 1.58. The van der Waals surface area contributed by atoms with E-state index in [9.17, 15) is 0 Å². The van der Waals surface area contributed by atoms with E-state index in [0.29, 0.717) is 0 Å². The molecular weight excluding hydrogens is 110 g/mol. The molecule has 0 unspecified atom stereocenters. The van der Waals surface area contributed by atoms with Gasteiger partial charge < -0.3 is 0 Å². The molecule has 0 heterocycles. The van der Waals surface area contributed by atoms with Gasteiger partial charge >= 0.3 is 5.69 Å². The van der Waals surface area contributed by atoms with Gasteiger partial charge in [-0.1, -0.05) is 0 Å². The third-order valence-corrected chi connectivity index (χ3v) is 0.942. The first-order chi connectivity index (χ1) is 4.43. The van der Waals surface area contributed by atoms with Crippen LogP contribution < -0.4 is 0 Å². The van der Waals surface area contributed by atoms with Gasteiger partial charge in [-0.15, -0.1) is 0 Å². The number of benzene rings is 1. The summed E-state index contributed by atoms with van der Waals surface area (Å²) in [5.74, 6) is 0. The van der Waals surface area contributed by atoms with Gasteiger partial charge in [0.25, 0.3) is 6.07 Å². The highest BCUT2D eigenvalue weighted by atomic mass is 14.6. The maximum Gasteiger partial charge on any atom is 0.340 e. The Morgan fingerprint density at radius 3 is 2.67 bits per heavy atom. The normalized spacial score (nSPS) is 7.67. The second-order valence-corrected chi connectivity index (χ2v) is 1.59. The Morgan fingerprint density at radius 1 is 1.44 bits per heavy atom. The van der Waals surface area contributed by atoms with Crippen LogP contribution in [0, 0.1) is 12.1 Å². The Hall–Kier alpha value is -1.29. The van der Waals surface area contributed by atoms with Crippen LogP contribution in [0.3, 0.4) is 0 Å². The van der Waals surface area contributed by atoms with Gasteiger partial charge in [0.15, 0.2) is 0 Å². The summed E-state index contributed by atoms with van der Waals surface area (Å²) in [5.41, 5.74) is 0.927. The zero-order valence-corrected chi connectivity index (χ0v) is 5.26. The van der Waals surface area contributed by atoms with Crippen molar-refractivity contribution in [2.24, 2.45) is 0 Å². The SMILES string of the molecule is CC#[N+]c1cc[c]cc1. The molecule has 0 aliphatic carbocycles. The average molecular weight is 117 g/mol. The van der Waals surface area contributed by atoms with Crippen LogP contribution in [0.5, 0.6) is 0 Å². The second-order valence-electron chi connectivity index (χ2n) is 1.59. The van der Waals surface area contributed by atoms with Gasteiger partial charge in [-0.05, 0) is 23.0 Å². The van der Waals surface area contributed by atoms with E-state index in [-0.39, 0.29) is 0 Å². The Balaban J connectivity index is 2.94. The molecule has 0 atom stereocenters. The lowest BCUT2D eigenvalue weighted by Crippen LogP contribution is -1.56. The summed E-state index contributed by atoms with van der Waals surface area (Å²) in [6.45, 7) is 1.77. The van der Waals surface area contributed by atoms with Gasteiger partial charge in [-0.25, -0.2) is 0 Å². The Bertz CT molecular complexity index is 228. The van der Waals surface area contributed by atoms with Crippen LogP contribution in [0.25, 0.3) is 4.85 Å². The number of nitrogens with zero attached hydrogens (tertiary/aromatic N) is 1. The minimum atomic E-state index is 0.927. The maximum atomic E-state index is 3.94. The quantitative estimate of drug-likeness (QED) is 0.491. The van der Waals surface area contributed by atoms with Gasteiger partial charge in [0, 0.05) is 12.1 Å². The van der Waals surface area contributed by atoms with Crippen LogP contribution >= 0.6 is 0 Å². The fraction of sp³-hybridized carbons (Fsp3) is 0.125. The highest BCUT2D eigenvalue weighted by Gasteiger charge is 1.92. The van der Waals surface area contributed by atoms with E-state index in [1.54, 1.807) is 6.92 Å². The van der Waals surface area contributed by atoms with Crippen LogP contribution in [0.15, 0.2) is 24.3 Å². The first-order valence-electron chi connectivity index (χ1n) is 2.77. The van der Waals surface area contributed by atoms with E-state index in [1.165, 1.54) is 0 Å². The second kappa shape index (κ2) is 2.88. The minimum Gasteiger partial charge on any atom is -0.0465 e. The fourth-order valence-corrected chi connectivity index (χ4v) is 0.582. The summed E-state index contributed by atoms with van der Waals surface area (Å²) >= 11 is 0. The van der Waals surface area contributed by atoms with E-state index in [2.05, 4.69) is 17.0 Å². The summed E-state index contributed by atoms with van der Waals surface area (Å²) in [5, 5.41) is 0. The summed E-state index contributed by atoms with van der Waals surface area (Å²) in [7, 11) is 0. The standard InChI is InChI=1S/C8H7N/c1-2-9-8-6-4-3-5-7-8/h4-7H,1H3/q+1. The molecule has 0 bridgehead atoms. The van der Waals surface area contributed by atoms with Crippen molar-refractivity contribution >= 4 is 5.69 Å². The van der Waals surface area contributed by atoms with Crippen LogP contribution in [0.2, 0.25) is 0 Å². The van der Waals surface area contributed by atoms with Crippen molar-refractivity contribution in [2.45, 2.75) is 6.92 Å². The molecule has 0 aromatic heterocycles. The highest BCUT2D eigenvalue weighted by Crippen LogP contribution is 2.07. The van der Waals surface area contributed by atoms with E-state index in [0.717, 1.165) is 5.69 Å². The van der Waals surface area contributed by atoms with Crippen molar-refractivity contribution in [1.82, 2.24) is 0 Å². The van der Waals surface area contributed by atoms with Gasteiger partial charge in [-0.3, -0.25) is 0 Å². The van der Waals surface area contributed by atoms with Crippen molar-refractivity contribution in [3.8, 4) is 6.07 Å². The molecule has 1 aromatic rings. The molecule has 0 saturated carbocycles. The molecule has 9 heavy (non-hydrogen) atoms. The smallest absolute Gasteiger partial charge is 0.0465 e. The molecule has 0 spiro atoms. The van der Waals surface area contributed by atoms with Crippen LogP contribution in [0.1, 0.15) is 6.92 Å². The predicted molar refractivity (Wildman–Crippen MR) is 37.9 cm³/mol. The van der Waals surface area contributed by atoms with Gasteiger partial charge in [0.1, 0.15) is 0 Å². The Labute approximate surface area is 54.8 Å². The largest absolute Gasteiger partial charge is 0.340 e. The van der Waals surface area contributed by atoms with Crippen molar-refractivity contribution < 1.29 is 0 Å². The van der Waals surface area contributed by atoms with E-state index in [1.807, 2.05) is 24.3 Å². The summed E-state index contributed by atoms with van der Waals surface area (Å²) in [6.07, 6.45) is 0. The molecule has 0 amide bonds. The monoisotopic (exact) mass is 117 g/mol. The summed E-state index contributed by atoms with van der Waals surface area (Å²) < 4.78 is 0. The molecule has 0 N–H and O–H groups in total. The molecule has 43 valence electrons. The maximum absolute atomic E-state index is 3.94. The first kappa shape index (κ1) is 5.84. The van der Waals surface area contributed by atoms with Crippen molar-refractivity contribution in [2.75, 3.05) is 0 Å². The zero-order chi connectivity index (χ0) is 6.53. The molecule has 0 aliphatic rings. The fourth-order valence-electron chi connectivity index (χ4n) is 0.582. The molecule has 1 heteroatoms. The molecule has 1 radical (unpaired) electrons. The van der Waals surface area contributed by atoms with Crippen LogP contribution in [-0.4, -0.2) is 0 Å². The lowest BCUT2D eigenvalue weighted by Gasteiger charge is -1.71. The molecular formula is C8H7N+. The van der Waals surface area contributed by atoms with Gasteiger partial charge in [-0.2, -0.15) is 0 Å². The van der Waals surface area contributed by atoms with E-state index < -0.39 is 0 Å². The lowest BCUT2D eigenvalue weighted by molar-refractivity contribution is 1.69. The number of hydrogen-bond donors (Lipinski definition) is 0. The zero-order valence-electron chi connectivity index (χ0n) is 5.26. The first-order valence-corrected chi connectivity index (χ1v) is 2.77. The molecule has 0 saturated heterocycles. The summed E-state index contributed by atoms with van der Waals surface area (Å²) in [4.78, 5) is 3.94. The summed E-state index contributed by atoms with van der Waals surface area (Å²) in [6, 6.07) is 13.0. The Morgan fingerprint density at radius 2 is 2.11 bits per heavy atom. The molecule has 0 aliphatic heterocycles. The molecule has 1 aromatic carbocycles. The number of hydrogen-bond acceptors (Lipinski definition) is 0. The minimum absolute atomic E-state index is 0.927. The van der Waals surface area contributed by atoms with Crippen molar-refractivity contribution in [3.63, 3.8) is 0 Å². The van der Waals surface area contributed by atoms with Crippen molar-refractivity contribution in [1.29, 1.82) is 0 Å². The predicted octanol–water partition coefficient (Wildman–Crippen LogP) is 2.47. The average Bonchev–Trinajstić information content (AvgIpc) is 1.91. The Kier molecular flexibility index (Phi) is 1.87. The number of rotatable bonds is 0. The molecule has 1 rings (SSSR count). The highest BCUT2D eigenvalue weighted by molar-refractivity contribution is 5.44. The lowest BCUT2D eigenvalue weighted by atomic mass is 10.3.